The Balaban J connectivity index is 2.31. The maximum absolute atomic E-state index is 11.1. The van der Waals surface area contributed by atoms with Gasteiger partial charge in [-0.1, -0.05) is 40.9 Å². The van der Waals surface area contributed by atoms with Crippen LogP contribution in [0.15, 0.2) is 24.3 Å². The monoisotopic (exact) mass is 322 g/mol. The summed E-state index contributed by atoms with van der Waals surface area (Å²) in [7, 11) is 0. The smallest absolute Gasteiger partial charge is 0.153 e. The predicted octanol–water partition coefficient (Wildman–Crippen LogP) is 5.31. The summed E-state index contributed by atoms with van der Waals surface area (Å²) >= 11 is 12.0. The molecule has 0 atom stereocenters. The van der Waals surface area contributed by atoms with E-state index in [9.17, 15) is 4.79 Å². The maximum Gasteiger partial charge on any atom is 0.153 e. The van der Waals surface area contributed by atoms with E-state index < -0.39 is 0 Å². The van der Waals surface area contributed by atoms with Crippen molar-refractivity contribution >= 4 is 29.5 Å². The molecular weight excluding hydrogens is 307 g/mol. The molecule has 0 aliphatic rings. The van der Waals surface area contributed by atoms with Crippen LogP contribution < -0.4 is 4.74 Å². The Morgan fingerprint density at radius 1 is 1.05 bits per heavy atom. The van der Waals surface area contributed by atoms with E-state index >= 15 is 0 Å². The molecule has 0 N–H and O–H groups in total. The SMILES string of the molecule is Cc1cc(C)c(COc2c(Cl)cc(Cl)cc2C=O)c(C)c1. The van der Waals surface area contributed by atoms with Gasteiger partial charge in [-0.05, 0) is 49.6 Å². The normalized spacial score (nSPS) is 10.5. The van der Waals surface area contributed by atoms with Crippen LogP contribution in [0.5, 0.6) is 5.75 Å². The Morgan fingerprint density at radius 2 is 1.67 bits per heavy atom. The van der Waals surface area contributed by atoms with Gasteiger partial charge in [0.2, 0.25) is 0 Å². The van der Waals surface area contributed by atoms with Crippen LogP contribution in [0, 0.1) is 20.8 Å². The molecular formula is C17H16Cl2O2. The molecule has 0 aliphatic heterocycles. The van der Waals surface area contributed by atoms with Crippen molar-refractivity contribution in [3.63, 3.8) is 0 Å². The van der Waals surface area contributed by atoms with E-state index in [0.717, 1.165) is 16.7 Å². The average Bonchev–Trinajstić information content (AvgIpc) is 2.38. The van der Waals surface area contributed by atoms with Crippen LogP contribution in [-0.4, -0.2) is 6.29 Å². The molecule has 0 amide bonds. The first kappa shape index (κ1) is 15.9. The first-order chi connectivity index (χ1) is 9.92. The number of hydrogen-bond donors (Lipinski definition) is 0. The molecule has 4 heteroatoms. The van der Waals surface area contributed by atoms with E-state index in [0.29, 0.717) is 34.3 Å². The van der Waals surface area contributed by atoms with Gasteiger partial charge in [0.05, 0.1) is 10.6 Å². The van der Waals surface area contributed by atoms with E-state index in [1.165, 1.54) is 5.56 Å². The highest BCUT2D eigenvalue weighted by atomic mass is 35.5. The van der Waals surface area contributed by atoms with Crippen LogP contribution in [0.2, 0.25) is 10.0 Å². The van der Waals surface area contributed by atoms with E-state index in [1.807, 2.05) is 13.8 Å². The highest BCUT2D eigenvalue weighted by molar-refractivity contribution is 6.36. The fourth-order valence-corrected chi connectivity index (χ4v) is 2.97. The second-order valence-electron chi connectivity index (χ2n) is 5.09. The van der Waals surface area contributed by atoms with Gasteiger partial charge in [0.15, 0.2) is 6.29 Å². The molecule has 0 radical (unpaired) electrons. The van der Waals surface area contributed by atoms with Gasteiger partial charge >= 0.3 is 0 Å². The maximum atomic E-state index is 11.1. The Labute approximate surface area is 134 Å². The van der Waals surface area contributed by atoms with E-state index in [1.54, 1.807) is 12.1 Å². The Hall–Kier alpha value is -1.51. The van der Waals surface area contributed by atoms with Crippen LogP contribution in [-0.2, 0) is 6.61 Å². The fraction of sp³-hybridized carbons (Fsp3) is 0.235. The summed E-state index contributed by atoms with van der Waals surface area (Å²) in [6.07, 6.45) is 0.696. The van der Waals surface area contributed by atoms with Crippen LogP contribution >= 0.6 is 23.2 Å². The van der Waals surface area contributed by atoms with Crippen molar-refractivity contribution in [1.82, 2.24) is 0 Å². The zero-order valence-electron chi connectivity index (χ0n) is 12.2. The van der Waals surface area contributed by atoms with Gasteiger partial charge in [-0.2, -0.15) is 0 Å². The van der Waals surface area contributed by atoms with E-state index in [-0.39, 0.29) is 0 Å². The van der Waals surface area contributed by atoms with Crippen molar-refractivity contribution in [2.24, 2.45) is 0 Å². The zero-order chi connectivity index (χ0) is 15.6. The molecule has 0 aromatic heterocycles. The third kappa shape index (κ3) is 3.58. The van der Waals surface area contributed by atoms with Crippen molar-refractivity contribution in [3.05, 3.63) is 62.1 Å². The van der Waals surface area contributed by atoms with Gasteiger partial charge in [0.25, 0.3) is 0 Å². The first-order valence-corrected chi connectivity index (χ1v) is 7.31. The number of ether oxygens (including phenoxy) is 1. The molecule has 2 aromatic carbocycles. The molecule has 2 aromatic rings. The van der Waals surface area contributed by atoms with Crippen LogP contribution in [0.3, 0.4) is 0 Å². The summed E-state index contributed by atoms with van der Waals surface area (Å²) in [5.74, 6) is 0.371. The summed E-state index contributed by atoms with van der Waals surface area (Å²) in [6, 6.07) is 7.33. The zero-order valence-corrected chi connectivity index (χ0v) is 13.7. The van der Waals surface area contributed by atoms with Gasteiger partial charge < -0.3 is 4.74 Å². The molecule has 0 aliphatic carbocycles. The number of benzene rings is 2. The van der Waals surface area contributed by atoms with Crippen LogP contribution in [0.1, 0.15) is 32.6 Å². The van der Waals surface area contributed by atoms with Gasteiger partial charge in [-0.15, -0.1) is 0 Å². The molecule has 0 unspecified atom stereocenters. The standard InChI is InChI=1S/C17H16Cl2O2/c1-10-4-11(2)15(12(3)5-10)9-21-17-13(8-20)6-14(18)7-16(17)19/h4-8H,9H2,1-3H3. The van der Waals surface area contributed by atoms with E-state index in [2.05, 4.69) is 19.1 Å². The number of rotatable bonds is 4. The van der Waals surface area contributed by atoms with Crippen LogP contribution in [0.25, 0.3) is 0 Å². The fourth-order valence-electron chi connectivity index (χ4n) is 2.40. The molecule has 2 rings (SSSR count). The summed E-state index contributed by atoms with van der Waals surface area (Å²) < 4.78 is 5.78. The molecule has 0 saturated carbocycles. The van der Waals surface area contributed by atoms with Crippen molar-refractivity contribution < 1.29 is 9.53 Å². The third-order valence-corrected chi connectivity index (χ3v) is 3.86. The number of aryl methyl sites for hydroxylation is 3. The quantitative estimate of drug-likeness (QED) is 0.713. The first-order valence-electron chi connectivity index (χ1n) is 6.56. The molecule has 0 heterocycles. The minimum atomic E-state index is 0.340. The molecule has 2 nitrogen and oxygen atoms in total. The van der Waals surface area contributed by atoms with Crippen molar-refractivity contribution in [1.29, 1.82) is 0 Å². The lowest BCUT2D eigenvalue weighted by molar-refractivity contribution is 0.111. The van der Waals surface area contributed by atoms with Crippen molar-refractivity contribution in [3.8, 4) is 5.75 Å². The Kier molecular flexibility index (Phi) is 4.92. The Morgan fingerprint density at radius 3 is 2.24 bits per heavy atom. The lowest BCUT2D eigenvalue weighted by Gasteiger charge is -2.15. The summed E-state index contributed by atoms with van der Waals surface area (Å²) in [5.41, 5.74) is 4.99. The third-order valence-electron chi connectivity index (χ3n) is 3.37. The van der Waals surface area contributed by atoms with E-state index in [4.69, 9.17) is 27.9 Å². The summed E-state index contributed by atoms with van der Waals surface area (Å²) in [6.45, 7) is 6.51. The molecule has 110 valence electrons. The van der Waals surface area contributed by atoms with Crippen LogP contribution in [0.4, 0.5) is 0 Å². The largest absolute Gasteiger partial charge is 0.487 e. The average molecular weight is 323 g/mol. The summed E-state index contributed by atoms with van der Waals surface area (Å²) in [5, 5.41) is 0.754. The molecule has 0 saturated heterocycles. The van der Waals surface area contributed by atoms with Gasteiger partial charge in [-0.25, -0.2) is 0 Å². The molecule has 0 bridgehead atoms. The van der Waals surface area contributed by atoms with Crippen molar-refractivity contribution in [2.45, 2.75) is 27.4 Å². The number of carbonyl (C=O) groups is 1. The second-order valence-corrected chi connectivity index (χ2v) is 5.93. The number of carbonyl (C=O) groups excluding carboxylic acids is 1. The lowest BCUT2D eigenvalue weighted by Crippen LogP contribution is -2.03. The highest BCUT2D eigenvalue weighted by Gasteiger charge is 2.12. The van der Waals surface area contributed by atoms with Gasteiger partial charge in [0, 0.05) is 5.02 Å². The van der Waals surface area contributed by atoms with Gasteiger partial charge in [0.1, 0.15) is 12.4 Å². The number of halogens is 2. The highest BCUT2D eigenvalue weighted by Crippen LogP contribution is 2.32. The number of hydrogen-bond acceptors (Lipinski definition) is 2. The lowest BCUT2D eigenvalue weighted by atomic mass is 10.0. The second kappa shape index (κ2) is 6.50. The minimum Gasteiger partial charge on any atom is -0.487 e. The van der Waals surface area contributed by atoms with Crippen molar-refractivity contribution in [2.75, 3.05) is 0 Å². The molecule has 0 spiro atoms. The predicted molar refractivity (Wildman–Crippen MR) is 86.8 cm³/mol. The topological polar surface area (TPSA) is 26.3 Å². The Bertz CT molecular complexity index is 670. The molecule has 21 heavy (non-hydrogen) atoms. The minimum absolute atomic E-state index is 0.340. The summed E-state index contributed by atoms with van der Waals surface area (Å²) in [4.78, 5) is 11.1. The molecule has 0 fully saturated rings. The number of aldehydes is 1. The van der Waals surface area contributed by atoms with Gasteiger partial charge in [-0.3, -0.25) is 4.79 Å².